The highest BCUT2D eigenvalue weighted by molar-refractivity contribution is 6.30. The first-order chi connectivity index (χ1) is 7.25. The average Bonchev–Trinajstić information content (AvgIpc) is 2.70. The number of carbonyl (C=O) groups excluding carboxylic acids is 1. The number of aromatic nitrogens is 1. The lowest BCUT2D eigenvalue weighted by molar-refractivity contribution is 0.0693. The quantitative estimate of drug-likeness (QED) is 0.580. The van der Waals surface area contributed by atoms with E-state index in [1.165, 1.54) is 18.5 Å². The molecule has 2 aromatic rings. The highest BCUT2D eigenvalue weighted by atomic mass is 35.5. The molecule has 1 aromatic carbocycles. The Kier molecular flexibility index (Phi) is 2.69. The Morgan fingerprint density at radius 2 is 2.33 bits per heavy atom. The summed E-state index contributed by atoms with van der Waals surface area (Å²) >= 11 is 5.72. The van der Waals surface area contributed by atoms with Gasteiger partial charge in [-0.3, -0.25) is 0 Å². The van der Waals surface area contributed by atoms with Crippen molar-refractivity contribution in [3.05, 3.63) is 47.6 Å². The monoisotopic (exact) mass is 223 g/mol. The van der Waals surface area contributed by atoms with Crippen LogP contribution in [-0.4, -0.2) is 11.0 Å². The van der Waals surface area contributed by atoms with Crippen LogP contribution in [0.3, 0.4) is 0 Å². The standard InChI is InChI=1S/C10H6ClNO3/c11-7-2-1-3-8(6-7)15-10(13)9-12-4-5-14-9/h1-6H. The van der Waals surface area contributed by atoms with E-state index in [1.807, 2.05) is 0 Å². The first-order valence-corrected chi connectivity index (χ1v) is 4.51. The molecule has 0 aliphatic carbocycles. The van der Waals surface area contributed by atoms with Crippen LogP contribution in [0.15, 0.2) is 41.1 Å². The molecule has 0 atom stereocenters. The summed E-state index contributed by atoms with van der Waals surface area (Å²) in [6.45, 7) is 0. The first kappa shape index (κ1) is 9.73. The molecule has 0 saturated heterocycles. The number of carbonyl (C=O) groups is 1. The molecule has 0 unspecified atom stereocenters. The third kappa shape index (κ3) is 2.35. The molecule has 1 aromatic heterocycles. The Morgan fingerprint density at radius 1 is 1.47 bits per heavy atom. The maximum atomic E-state index is 11.4. The lowest BCUT2D eigenvalue weighted by Crippen LogP contribution is -2.08. The number of rotatable bonds is 2. The number of hydrogen-bond acceptors (Lipinski definition) is 4. The van der Waals surface area contributed by atoms with Gasteiger partial charge in [0.2, 0.25) is 0 Å². The van der Waals surface area contributed by atoms with Crippen molar-refractivity contribution in [1.82, 2.24) is 4.98 Å². The molecule has 0 saturated carbocycles. The van der Waals surface area contributed by atoms with Crippen LogP contribution < -0.4 is 4.74 Å². The summed E-state index contributed by atoms with van der Waals surface area (Å²) < 4.78 is 9.74. The van der Waals surface area contributed by atoms with Gasteiger partial charge in [0.25, 0.3) is 0 Å². The van der Waals surface area contributed by atoms with Crippen molar-refractivity contribution in [2.75, 3.05) is 0 Å². The van der Waals surface area contributed by atoms with E-state index in [2.05, 4.69) is 4.98 Å². The second kappa shape index (κ2) is 4.14. The van der Waals surface area contributed by atoms with E-state index < -0.39 is 5.97 Å². The van der Waals surface area contributed by atoms with Crippen LogP contribution in [-0.2, 0) is 0 Å². The average molecular weight is 224 g/mol. The van der Waals surface area contributed by atoms with Gasteiger partial charge in [-0.25, -0.2) is 9.78 Å². The molecule has 2 rings (SSSR count). The van der Waals surface area contributed by atoms with Crippen LogP contribution in [0, 0.1) is 0 Å². The molecule has 15 heavy (non-hydrogen) atoms. The van der Waals surface area contributed by atoms with Gasteiger partial charge in [0.15, 0.2) is 0 Å². The molecule has 76 valence electrons. The van der Waals surface area contributed by atoms with Crippen LogP contribution in [0.4, 0.5) is 0 Å². The number of oxazole rings is 1. The smallest absolute Gasteiger partial charge is 0.400 e. The van der Waals surface area contributed by atoms with E-state index >= 15 is 0 Å². The van der Waals surface area contributed by atoms with E-state index in [0.29, 0.717) is 10.8 Å². The molecule has 0 radical (unpaired) electrons. The molecule has 0 fully saturated rings. The van der Waals surface area contributed by atoms with Gasteiger partial charge in [0.05, 0.1) is 6.20 Å². The van der Waals surface area contributed by atoms with Crippen LogP contribution in [0.25, 0.3) is 0 Å². The summed E-state index contributed by atoms with van der Waals surface area (Å²) in [6.07, 6.45) is 2.67. The molecule has 0 spiro atoms. The SMILES string of the molecule is O=C(Oc1cccc(Cl)c1)c1ncco1. The Labute approximate surface area is 90.4 Å². The van der Waals surface area contributed by atoms with Gasteiger partial charge in [0.1, 0.15) is 12.0 Å². The van der Waals surface area contributed by atoms with E-state index in [4.69, 9.17) is 20.8 Å². The zero-order valence-corrected chi connectivity index (χ0v) is 8.27. The molecule has 1 heterocycles. The Hall–Kier alpha value is -1.81. The maximum absolute atomic E-state index is 11.4. The van der Waals surface area contributed by atoms with Gasteiger partial charge < -0.3 is 9.15 Å². The Bertz CT molecular complexity index is 467. The molecular formula is C10H6ClNO3. The zero-order valence-electron chi connectivity index (χ0n) is 7.51. The minimum atomic E-state index is -0.651. The third-order valence-corrected chi connectivity index (χ3v) is 1.85. The lowest BCUT2D eigenvalue weighted by Gasteiger charge is -2.00. The van der Waals surface area contributed by atoms with Gasteiger partial charge in [-0.2, -0.15) is 0 Å². The largest absolute Gasteiger partial charge is 0.440 e. The fraction of sp³-hybridized carbons (Fsp3) is 0. The highest BCUT2D eigenvalue weighted by Crippen LogP contribution is 2.17. The molecule has 0 N–H and O–H groups in total. The van der Waals surface area contributed by atoms with E-state index in [-0.39, 0.29) is 5.89 Å². The van der Waals surface area contributed by atoms with Gasteiger partial charge in [-0.15, -0.1) is 0 Å². The Balaban J connectivity index is 2.13. The van der Waals surface area contributed by atoms with Crippen LogP contribution >= 0.6 is 11.6 Å². The highest BCUT2D eigenvalue weighted by Gasteiger charge is 2.13. The number of halogens is 1. The minimum Gasteiger partial charge on any atom is -0.440 e. The summed E-state index contributed by atoms with van der Waals surface area (Å²) in [5.74, 6) is -0.386. The molecule has 4 nitrogen and oxygen atoms in total. The van der Waals surface area contributed by atoms with Crippen LogP contribution in [0.5, 0.6) is 5.75 Å². The fourth-order valence-electron chi connectivity index (χ4n) is 1.01. The summed E-state index contributed by atoms with van der Waals surface area (Å²) in [5, 5.41) is 0.493. The molecule has 0 aliphatic rings. The van der Waals surface area contributed by atoms with Gasteiger partial charge >= 0.3 is 11.9 Å². The zero-order chi connectivity index (χ0) is 10.7. The van der Waals surface area contributed by atoms with Gasteiger partial charge in [-0.05, 0) is 18.2 Å². The molecule has 0 amide bonds. The van der Waals surface area contributed by atoms with Crippen molar-refractivity contribution in [2.24, 2.45) is 0 Å². The third-order valence-electron chi connectivity index (χ3n) is 1.61. The fourth-order valence-corrected chi connectivity index (χ4v) is 1.19. The van der Waals surface area contributed by atoms with Crippen molar-refractivity contribution in [2.45, 2.75) is 0 Å². The Morgan fingerprint density at radius 3 is 3.00 bits per heavy atom. The van der Waals surface area contributed by atoms with Crippen molar-refractivity contribution >= 4 is 17.6 Å². The van der Waals surface area contributed by atoms with Crippen molar-refractivity contribution < 1.29 is 13.9 Å². The number of hydrogen-bond donors (Lipinski definition) is 0. The summed E-state index contributed by atoms with van der Waals surface area (Å²) in [6, 6.07) is 6.51. The van der Waals surface area contributed by atoms with E-state index in [9.17, 15) is 4.79 Å². The van der Waals surface area contributed by atoms with Crippen LogP contribution in [0.1, 0.15) is 10.7 Å². The molecule has 5 heteroatoms. The van der Waals surface area contributed by atoms with Crippen molar-refractivity contribution in [1.29, 1.82) is 0 Å². The van der Waals surface area contributed by atoms with Gasteiger partial charge in [-0.1, -0.05) is 17.7 Å². The predicted octanol–water partition coefficient (Wildman–Crippen LogP) is 2.55. The number of benzene rings is 1. The summed E-state index contributed by atoms with van der Waals surface area (Å²) in [5.41, 5.74) is 0. The van der Waals surface area contributed by atoms with E-state index in [0.717, 1.165) is 0 Å². The van der Waals surface area contributed by atoms with Crippen molar-refractivity contribution in [3.63, 3.8) is 0 Å². The van der Waals surface area contributed by atoms with Crippen molar-refractivity contribution in [3.8, 4) is 5.75 Å². The molecular weight excluding hydrogens is 218 g/mol. The molecule has 0 bridgehead atoms. The van der Waals surface area contributed by atoms with E-state index in [1.54, 1.807) is 18.2 Å². The second-order valence-corrected chi connectivity index (χ2v) is 3.12. The normalized spacial score (nSPS) is 9.93. The summed E-state index contributed by atoms with van der Waals surface area (Å²) in [4.78, 5) is 15.0. The predicted molar refractivity (Wildman–Crippen MR) is 52.9 cm³/mol. The molecule has 0 aliphatic heterocycles. The second-order valence-electron chi connectivity index (χ2n) is 2.68. The number of nitrogens with zero attached hydrogens (tertiary/aromatic N) is 1. The minimum absolute atomic E-state index is 0.0880. The number of ether oxygens (including phenoxy) is 1. The number of esters is 1. The topological polar surface area (TPSA) is 52.3 Å². The maximum Gasteiger partial charge on any atom is 0.400 e. The lowest BCUT2D eigenvalue weighted by atomic mass is 10.3. The summed E-state index contributed by atoms with van der Waals surface area (Å²) in [7, 11) is 0. The first-order valence-electron chi connectivity index (χ1n) is 4.13. The van der Waals surface area contributed by atoms with Crippen LogP contribution in [0.2, 0.25) is 5.02 Å². The van der Waals surface area contributed by atoms with Gasteiger partial charge in [0, 0.05) is 5.02 Å².